The summed E-state index contributed by atoms with van der Waals surface area (Å²) in [6.07, 6.45) is 1.81. The van der Waals surface area contributed by atoms with Crippen LogP contribution in [0, 0.1) is 0 Å². The highest BCUT2D eigenvalue weighted by Gasteiger charge is 2.19. The van der Waals surface area contributed by atoms with Crippen LogP contribution in [-0.2, 0) is 4.79 Å². The first-order chi connectivity index (χ1) is 8.94. The average molecular weight is 273 g/mol. The highest BCUT2D eigenvalue weighted by atomic mass is 16.3. The van der Waals surface area contributed by atoms with Crippen molar-refractivity contribution in [1.82, 2.24) is 15.5 Å². The summed E-state index contributed by atoms with van der Waals surface area (Å²) in [5, 5.41) is 13.9. The minimum Gasteiger partial charge on any atom is -0.395 e. The molecule has 112 valence electrons. The van der Waals surface area contributed by atoms with E-state index in [1.807, 2.05) is 32.6 Å². The summed E-state index contributed by atoms with van der Waals surface area (Å²) in [5.41, 5.74) is 0. The molecule has 6 nitrogen and oxygen atoms in total. The molecule has 0 aromatic heterocycles. The lowest BCUT2D eigenvalue weighted by atomic mass is 10.1. The number of urea groups is 1. The fourth-order valence-electron chi connectivity index (χ4n) is 1.97. The molecule has 0 aromatic carbocycles. The number of carbonyl (C=O) groups excluding carboxylic acids is 2. The van der Waals surface area contributed by atoms with Gasteiger partial charge in [-0.1, -0.05) is 13.8 Å². The van der Waals surface area contributed by atoms with Crippen molar-refractivity contribution in [1.29, 1.82) is 0 Å². The molecule has 0 rings (SSSR count). The van der Waals surface area contributed by atoms with Gasteiger partial charge in [0, 0.05) is 18.6 Å². The highest BCUT2D eigenvalue weighted by molar-refractivity contribution is 5.95. The Labute approximate surface area is 115 Å². The van der Waals surface area contributed by atoms with Gasteiger partial charge in [-0.25, -0.2) is 4.79 Å². The number of rotatable bonds is 8. The molecular formula is C13H27N3O3. The molecule has 0 saturated carbocycles. The lowest BCUT2D eigenvalue weighted by Gasteiger charge is -2.28. The van der Waals surface area contributed by atoms with E-state index in [1.54, 1.807) is 0 Å². The number of aliphatic hydroxyl groups excluding tert-OH is 1. The minimum absolute atomic E-state index is 0.00195. The van der Waals surface area contributed by atoms with Crippen molar-refractivity contribution in [2.75, 3.05) is 19.7 Å². The Morgan fingerprint density at radius 3 is 2.21 bits per heavy atom. The van der Waals surface area contributed by atoms with Gasteiger partial charge in [0.15, 0.2) is 0 Å². The molecule has 0 atom stereocenters. The van der Waals surface area contributed by atoms with Crippen molar-refractivity contribution in [2.45, 2.75) is 52.6 Å². The molecule has 6 heteroatoms. The van der Waals surface area contributed by atoms with E-state index in [-0.39, 0.29) is 31.1 Å². The van der Waals surface area contributed by atoms with Crippen LogP contribution in [0.4, 0.5) is 4.79 Å². The standard InChI is InChI=1S/C13H27N3O3/c1-5-11(6-2)16(7-8-17)9-12(18)15-13(19)14-10(3)4/h10-11,17H,5-9H2,1-4H3,(H2,14,15,18,19). The van der Waals surface area contributed by atoms with Crippen molar-refractivity contribution in [3.8, 4) is 0 Å². The van der Waals surface area contributed by atoms with Crippen molar-refractivity contribution in [2.24, 2.45) is 0 Å². The largest absolute Gasteiger partial charge is 0.395 e. The molecule has 0 saturated heterocycles. The van der Waals surface area contributed by atoms with Crippen LogP contribution in [0.5, 0.6) is 0 Å². The number of amides is 3. The van der Waals surface area contributed by atoms with E-state index < -0.39 is 6.03 Å². The Morgan fingerprint density at radius 1 is 1.21 bits per heavy atom. The number of hydrogen-bond donors (Lipinski definition) is 3. The van der Waals surface area contributed by atoms with E-state index >= 15 is 0 Å². The summed E-state index contributed by atoms with van der Waals surface area (Å²) >= 11 is 0. The summed E-state index contributed by atoms with van der Waals surface area (Å²) in [6, 6.07) is -0.250. The normalized spacial score (nSPS) is 11.2. The van der Waals surface area contributed by atoms with Crippen LogP contribution in [0.3, 0.4) is 0 Å². The maximum Gasteiger partial charge on any atom is 0.321 e. The predicted octanol–water partition coefficient (Wildman–Crippen LogP) is 0.704. The molecule has 0 aliphatic carbocycles. The molecule has 3 amide bonds. The van der Waals surface area contributed by atoms with E-state index in [9.17, 15) is 9.59 Å². The SMILES string of the molecule is CCC(CC)N(CCO)CC(=O)NC(=O)NC(C)C. The lowest BCUT2D eigenvalue weighted by molar-refractivity contribution is -0.121. The summed E-state index contributed by atoms with van der Waals surface area (Å²) in [5.74, 6) is -0.349. The molecule has 3 N–H and O–H groups in total. The predicted molar refractivity (Wildman–Crippen MR) is 74.8 cm³/mol. The molecule has 0 spiro atoms. The second kappa shape index (κ2) is 9.75. The van der Waals surface area contributed by atoms with Gasteiger partial charge in [-0.05, 0) is 26.7 Å². The lowest BCUT2D eigenvalue weighted by Crippen LogP contribution is -2.48. The maximum absolute atomic E-state index is 11.8. The van der Waals surface area contributed by atoms with Gasteiger partial charge in [0.2, 0.25) is 5.91 Å². The summed E-state index contributed by atoms with van der Waals surface area (Å²) in [4.78, 5) is 25.1. The molecule has 19 heavy (non-hydrogen) atoms. The first-order valence-electron chi connectivity index (χ1n) is 6.89. The second-order valence-electron chi connectivity index (χ2n) is 4.84. The van der Waals surface area contributed by atoms with Gasteiger partial charge in [0.25, 0.3) is 0 Å². The van der Waals surface area contributed by atoms with E-state index in [4.69, 9.17) is 5.11 Å². The number of nitrogens with one attached hydrogen (secondary N) is 2. The monoisotopic (exact) mass is 273 g/mol. The molecule has 0 aliphatic rings. The third-order valence-corrected chi connectivity index (χ3v) is 2.87. The smallest absolute Gasteiger partial charge is 0.321 e. The van der Waals surface area contributed by atoms with Crippen molar-refractivity contribution >= 4 is 11.9 Å². The Balaban J connectivity index is 4.34. The van der Waals surface area contributed by atoms with Gasteiger partial charge in [-0.3, -0.25) is 15.0 Å². The fraction of sp³-hybridized carbons (Fsp3) is 0.846. The topological polar surface area (TPSA) is 81.7 Å². The van der Waals surface area contributed by atoms with Crippen molar-refractivity contribution in [3.05, 3.63) is 0 Å². The van der Waals surface area contributed by atoms with E-state index in [0.29, 0.717) is 6.54 Å². The Morgan fingerprint density at radius 2 is 1.79 bits per heavy atom. The zero-order valence-corrected chi connectivity index (χ0v) is 12.4. The molecular weight excluding hydrogens is 246 g/mol. The van der Waals surface area contributed by atoms with Gasteiger partial charge in [-0.15, -0.1) is 0 Å². The zero-order valence-electron chi connectivity index (χ0n) is 12.4. The third kappa shape index (κ3) is 7.79. The third-order valence-electron chi connectivity index (χ3n) is 2.87. The van der Waals surface area contributed by atoms with Crippen LogP contribution in [0.15, 0.2) is 0 Å². The van der Waals surface area contributed by atoms with Crippen LogP contribution in [0.2, 0.25) is 0 Å². The summed E-state index contributed by atoms with van der Waals surface area (Å²) in [7, 11) is 0. The molecule has 0 unspecified atom stereocenters. The number of nitrogens with zero attached hydrogens (tertiary/aromatic N) is 1. The Kier molecular flexibility index (Phi) is 9.16. The maximum atomic E-state index is 11.8. The minimum atomic E-state index is -0.478. The van der Waals surface area contributed by atoms with Gasteiger partial charge in [-0.2, -0.15) is 0 Å². The van der Waals surface area contributed by atoms with E-state index in [2.05, 4.69) is 10.6 Å². The quantitative estimate of drug-likeness (QED) is 0.608. The van der Waals surface area contributed by atoms with Gasteiger partial charge in [0.1, 0.15) is 0 Å². The molecule has 0 aromatic rings. The van der Waals surface area contributed by atoms with Crippen LogP contribution < -0.4 is 10.6 Å². The van der Waals surface area contributed by atoms with Gasteiger partial charge in [0.05, 0.1) is 13.2 Å². The number of imide groups is 1. The molecule has 0 radical (unpaired) electrons. The van der Waals surface area contributed by atoms with Crippen LogP contribution in [-0.4, -0.2) is 53.7 Å². The second-order valence-corrected chi connectivity index (χ2v) is 4.84. The number of hydrogen-bond acceptors (Lipinski definition) is 4. The molecule has 0 fully saturated rings. The summed E-state index contributed by atoms with van der Waals surface area (Å²) in [6.45, 7) is 8.30. The average Bonchev–Trinajstić information content (AvgIpc) is 2.29. The van der Waals surface area contributed by atoms with Crippen LogP contribution >= 0.6 is 0 Å². The first-order valence-corrected chi connectivity index (χ1v) is 6.89. The van der Waals surface area contributed by atoms with Gasteiger partial charge >= 0.3 is 6.03 Å². The van der Waals surface area contributed by atoms with Crippen LogP contribution in [0.1, 0.15) is 40.5 Å². The fourth-order valence-corrected chi connectivity index (χ4v) is 1.97. The Bertz CT molecular complexity index is 278. The van der Waals surface area contributed by atoms with E-state index in [0.717, 1.165) is 12.8 Å². The number of aliphatic hydroxyl groups is 1. The molecule has 0 bridgehead atoms. The highest BCUT2D eigenvalue weighted by Crippen LogP contribution is 2.07. The first kappa shape index (κ1) is 17.9. The van der Waals surface area contributed by atoms with E-state index in [1.165, 1.54) is 0 Å². The summed E-state index contributed by atoms with van der Waals surface area (Å²) < 4.78 is 0. The Hall–Kier alpha value is -1.14. The molecule has 0 heterocycles. The molecule has 0 aliphatic heterocycles. The van der Waals surface area contributed by atoms with Crippen molar-refractivity contribution in [3.63, 3.8) is 0 Å². The number of carbonyl (C=O) groups is 2. The van der Waals surface area contributed by atoms with Gasteiger partial charge < -0.3 is 10.4 Å². The van der Waals surface area contributed by atoms with Crippen molar-refractivity contribution < 1.29 is 14.7 Å². The van der Waals surface area contributed by atoms with Crippen LogP contribution in [0.25, 0.3) is 0 Å². The zero-order chi connectivity index (χ0) is 14.8.